The van der Waals surface area contributed by atoms with Crippen LogP contribution >= 0.6 is 11.9 Å². The number of ether oxygens (including phenoxy) is 1. The average molecular weight is 481 g/mol. The number of imide groups is 1. The number of hydrogen-bond acceptors (Lipinski definition) is 6. The van der Waals surface area contributed by atoms with Crippen molar-refractivity contribution in [2.24, 2.45) is 0 Å². The van der Waals surface area contributed by atoms with Gasteiger partial charge in [0.05, 0.1) is 29.9 Å². The number of urea groups is 1. The number of rotatable bonds is 4. The predicted molar refractivity (Wildman–Crippen MR) is 109 cm³/mol. The molecule has 3 rings (SSSR count). The van der Waals surface area contributed by atoms with Crippen LogP contribution in [0.5, 0.6) is 0 Å². The van der Waals surface area contributed by atoms with E-state index in [1.165, 1.54) is 32.0 Å². The third-order valence-corrected chi connectivity index (χ3v) is 5.83. The van der Waals surface area contributed by atoms with Gasteiger partial charge in [0.1, 0.15) is 11.4 Å². The number of nitriles is 1. The van der Waals surface area contributed by atoms with Crippen LogP contribution in [0.25, 0.3) is 0 Å². The van der Waals surface area contributed by atoms with E-state index in [0.717, 1.165) is 30.2 Å². The van der Waals surface area contributed by atoms with Crippen LogP contribution in [0.2, 0.25) is 0 Å². The van der Waals surface area contributed by atoms with E-state index in [1.807, 2.05) is 0 Å². The topological polar surface area (TPSA) is 90.7 Å². The van der Waals surface area contributed by atoms with Crippen LogP contribution in [-0.2, 0) is 15.7 Å². The predicted octanol–water partition coefficient (Wildman–Crippen LogP) is 4.76. The molecule has 1 saturated heterocycles. The number of alkyl halides is 3. The van der Waals surface area contributed by atoms with Gasteiger partial charge in [0.25, 0.3) is 5.91 Å². The van der Waals surface area contributed by atoms with Gasteiger partial charge in [0, 0.05) is 10.6 Å². The standard InChI is InChI=1S/C21H15F4N3O4S/c1-20(2)18(30)28(33-13-6-4-11(10-26)15(9-13)21(23,24)25)19(31)27(20)12-5-7-14(16(22)8-12)17(29)32-3/h4-9H,1-3H3. The maximum atomic E-state index is 14.4. The van der Waals surface area contributed by atoms with Crippen LogP contribution < -0.4 is 4.90 Å². The summed E-state index contributed by atoms with van der Waals surface area (Å²) >= 11 is 0.449. The van der Waals surface area contributed by atoms with Gasteiger partial charge < -0.3 is 4.74 Å². The number of esters is 1. The fraction of sp³-hybridized carbons (Fsp3) is 0.238. The lowest BCUT2D eigenvalue weighted by Gasteiger charge is -2.27. The van der Waals surface area contributed by atoms with Crippen LogP contribution in [0.15, 0.2) is 41.3 Å². The minimum atomic E-state index is -4.81. The average Bonchev–Trinajstić information content (AvgIpc) is 2.91. The summed E-state index contributed by atoms with van der Waals surface area (Å²) in [5, 5.41) is 8.92. The number of nitrogens with zero attached hydrogens (tertiary/aromatic N) is 3. The molecule has 7 nitrogen and oxygen atoms in total. The van der Waals surface area contributed by atoms with Gasteiger partial charge >= 0.3 is 18.2 Å². The molecular weight excluding hydrogens is 466 g/mol. The molecule has 0 spiro atoms. The molecule has 172 valence electrons. The van der Waals surface area contributed by atoms with Crippen molar-refractivity contribution in [2.75, 3.05) is 12.0 Å². The Balaban J connectivity index is 1.97. The van der Waals surface area contributed by atoms with E-state index in [2.05, 4.69) is 4.74 Å². The molecule has 1 aliphatic heterocycles. The van der Waals surface area contributed by atoms with Crippen molar-refractivity contribution in [1.82, 2.24) is 4.31 Å². The minimum Gasteiger partial charge on any atom is -0.465 e. The quantitative estimate of drug-likeness (QED) is 0.271. The van der Waals surface area contributed by atoms with Gasteiger partial charge in [-0.2, -0.15) is 22.7 Å². The fourth-order valence-corrected chi connectivity index (χ4v) is 4.19. The lowest BCUT2D eigenvalue weighted by Crippen LogP contribution is -2.44. The fourth-order valence-electron chi connectivity index (χ4n) is 3.21. The first-order valence-electron chi connectivity index (χ1n) is 9.19. The summed E-state index contributed by atoms with van der Waals surface area (Å²) in [6, 6.07) is 6.56. The largest absolute Gasteiger partial charge is 0.465 e. The molecular formula is C21H15F4N3O4S. The molecule has 0 unspecified atom stereocenters. The van der Waals surface area contributed by atoms with Crippen molar-refractivity contribution in [3.05, 3.63) is 58.9 Å². The van der Waals surface area contributed by atoms with E-state index in [-0.39, 0.29) is 16.1 Å². The first-order chi connectivity index (χ1) is 15.3. The molecule has 0 aromatic heterocycles. The maximum absolute atomic E-state index is 14.4. The molecule has 12 heteroatoms. The Morgan fingerprint density at radius 1 is 1.15 bits per heavy atom. The molecule has 1 aliphatic rings. The molecule has 2 aromatic carbocycles. The summed E-state index contributed by atoms with van der Waals surface area (Å²) in [4.78, 5) is 38.5. The molecule has 0 bridgehead atoms. The van der Waals surface area contributed by atoms with Crippen LogP contribution in [0.3, 0.4) is 0 Å². The molecule has 0 atom stereocenters. The third-order valence-electron chi connectivity index (χ3n) is 4.86. The second kappa shape index (κ2) is 8.40. The zero-order valence-corrected chi connectivity index (χ0v) is 18.2. The zero-order valence-electron chi connectivity index (χ0n) is 17.4. The first-order valence-corrected chi connectivity index (χ1v) is 9.96. The molecule has 0 aliphatic carbocycles. The number of carbonyl (C=O) groups is 3. The lowest BCUT2D eigenvalue weighted by molar-refractivity contribution is -0.138. The van der Waals surface area contributed by atoms with Crippen LogP contribution in [0, 0.1) is 17.1 Å². The van der Waals surface area contributed by atoms with Gasteiger partial charge in [0.15, 0.2) is 0 Å². The summed E-state index contributed by atoms with van der Waals surface area (Å²) in [5.41, 5.74) is -3.73. The maximum Gasteiger partial charge on any atom is 0.417 e. The van der Waals surface area contributed by atoms with Crippen molar-refractivity contribution >= 4 is 35.5 Å². The number of anilines is 1. The third kappa shape index (κ3) is 4.23. The summed E-state index contributed by atoms with van der Waals surface area (Å²) in [6.07, 6.45) is -4.81. The van der Waals surface area contributed by atoms with Gasteiger partial charge in [-0.3, -0.25) is 9.69 Å². The van der Waals surface area contributed by atoms with E-state index in [9.17, 15) is 31.9 Å². The Bertz CT molecular complexity index is 1210. The van der Waals surface area contributed by atoms with Crippen molar-refractivity contribution in [3.63, 3.8) is 0 Å². The van der Waals surface area contributed by atoms with E-state index in [0.29, 0.717) is 22.3 Å². The number of amides is 3. The second-order valence-electron chi connectivity index (χ2n) is 7.34. The summed E-state index contributed by atoms with van der Waals surface area (Å²) in [7, 11) is 1.07. The number of carbonyl (C=O) groups excluding carboxylic acids is 3. The SMILES string of the molecule is COC(=O)c1ccc(N2C(=O)N(Sc3ccc(C#N)c(C(F)(F)F)c3)C(=O)C2(C)C)cc1F. The van der Waals surface area contributed by atoms with Crippen molar-refractivity contribution < 1.29 is 36.7 Å². The van der Waals surface area contributed by atoms with E-state index < -0.39 is 46.6 Å². The Morgan fingerprint density at radius 2 is 1.82 bits per heavy atom. The van der Waals surface area contributed by atoms with Crippen molar-refractivity contribution in [1.29, 1.82) is 5.26 Å². The number of benzene rings is 2. The van der Waals surface area contributed by atoms with E-state index in [1.54, 1.807) is 0 Å². The minimum absolute atomic E-state index is 0.0394. The molecule has 0 N–H and O–H groups in total. The van der Waals surface area contributed by atoms with Crippen molar-refractivity contribution in [3.8, 4) is 6.07 Å². The van der Waals surface area contributed by atoms with Gasteiger partial charge in [0.2, 0.25) is 0 Å². The van der Waals surface area contributed by atoms with Gasteiger partial charge in [-0.15, -0.1) is 0 Å². The Morgan fingerprint density at radius 3 is 2.36 bits per heavy atom. The summed E-state index contributed by atoms with van der Waals surface area (Å²) in [6.45, 7) is 2.78. The van der Waals surface area contributed by atoms with Crippen molar-refractivity contribution in [2.45, 2.75) is 30.5 Å². The Hall–Kier alpha value is -3.59. The molecule has 0 saturated carbocycles. The van der Waals surface area contributed by atoms with E-state index >= 15 is 0 Å². The highest BCUT2D eigenvalue weighted by Crippen LogP contribution is 2.41. The normalized spacial score (nSPS) is 15.6. The number of hydrogen-bond donors (Lipinski definition) is 0. The van der Waals surface area contributed by atoms with Crippen LogP contribution in [-0.4, -0.2) is 34.9 Å². The number of methoxy groups -OCH3 is 1. The zero-order chi connectivity index (χ0) is 24.7. The molecule has 3 amide bonds. The molecule has 0 radical (unpaired) electrons. The molecule has 1 heterocycles. The monoisotopic (exact) mass is 481 g/mol. The van der Waals surface area contributed by atoms with Crippen LogP contribution in [0.1, 0.15) is 35.3 Å². The van der Waals surface area contributed by atoms with Gasteiger partial charge in [-0.25, -0.2) is 14.0 Å². The van der Waals surface area contributed by atoms with Gasteiger partial charge in [-0.1, -0.05) is 0 Å². The summed E-state index contributed by atoms with van der Waals surface area (Å²) in [5.74, 6) is -2.67. The van der Waals surface area contributed by atoms with Crippen LogP contribution in [0.4, 0.5) is 28.0 Å². The van der Waals surface area contributed by atoms with E-state index in [4.69, 9.17) is 5.26 Å². The molecule has 33 heavy (non-hydrogen) atoms. The first kappa shape index (κ1) is 24.1. The highest BCUT2D eigenvalue weighted by Gasteiger charge is 2.53. The number of halogens is 4. The Labute approximate surface area is 189 Å². The Kier molecular flexibility index (Phi) is 6.12. The molecule has 2 aromatic rings. The highest BCUT2D eigenvalue weighted by molar-refractivity contribution is 7.98. The smallest absolute Gasteiger partial charge is 0.417 e. The second-order valence-corrected chi connectivity index (χ2v) is 8.36. The van der Waals surface area contributed by atoms with Gasteiger partial charge in [-0.05, 0) is 62.2 Å². The lowest BCUT2D eigenvalue weighted by atomic mass is 10.0. The highest BCUT2D eigenvalue weighted by atomic mass is 32.2. The summed E-state index contributed by atoms with van der Waals surface area (Å²) < 4.78 is 59.3. The molecule has 1 fully saturated rings.